The van der Waals surface area contributed by atoms with E-state index >= 15 is 0 Å². The number of hydrogen-bond acceptors (Lipinski definition) is 4. The Labute approximate surface area is 128 Å². The molecule has 2 heterocycles. The summed E-state index contributed by atoms with van der Waals surface area (Å²) in [7, 11) is 0. The topological polar surface area (TPSA) is 60.0 Å². The number of nitrogens with two attached hydrogens (primary N) is 1. The lowest BCUT2D eigenvalue weighted by Crippen LogP contribution is -2.57. The molecule has 120 valence electrons. The van der Waals surface area contributed by atoms with Crippen molar-refractivity contribution in [2.75, 3.05) is 13.1 Å². The van der Waals surface area contributed by atoms with Gasteiger partial charge >= 0.3 is 0 Å². The van der Waals surface area contributed by atoms with Gasteiger partial charge in [0.05, 0.1) is 0 Å². The number of aromatic nitrogens is 3. The highest BCUT2D eigenvalue weighted by molar-refractivity contribution is 5.00. The van der Waals surface area contributed by atoms with Gasteiger partial charge in [-0.05, 0) is 53.6 Å². The lowest BCUT2D eigenvalue weighted by atomic mass is 9.90. The molecule has 2 N–H and O–H groups in total. The molecule has 0 spiro atoms. The normalized spacial score (nSPS) is 19.7. The Hall–Kier alpha value is -0.940. The van der Waals surface area contributed by atoms with Gasteiger partial charge in [0.15, 0.2) is 0 Å². The van der Waals surface area contributed by atoms with Crippen LogP contribution in [0.1, 0.15) is 65.2 Å². The number of nitrogens with zero attached hydrogens (tertiary/aromatic N) is 4. The molecule has 21 heavy (non-hydrogen) atoms. The first-order chi connectivity index (χ1) is 9.93. The van der Waals surface area contributed by atoms with Crippen molar-refractivity contribution >= 4 is 0 Å². The second kappa shape index (κ2) is 6.88. The Morgan fingerprint density at radius 1 is 1.19 bits per heavy atom. The first-order valence-electron chi connectivity index (χ1n) is 8.32. The second-order valence-electron chi connectivity index (χ2n) is 7.08. The van der Waals surface area contributed by atoms with Crippen LogP contribution < -0.4 is 5.73 Å². The van der Waals surface area contributed by atoms with Crippen LogP contribution in [-0.4, -0.2) is 44.3 Å². The summed E-state index contributed by atoms with van der Waals surface area (Å²) in [5.41, 5.74) is 6.57. The summed E-state index contributed by atoms with van der Waals surface area (Å²) in [4.78, 5) is 6.98. The number of likely N-dealkylation sites (tertiary alicyclic amines) is 1. The number of rotatable bonds is 5. The minimum atomic E-state index is -0.00189. The third-order valence-electron chi connectivity index (χ3n) is 4.87. The zero-order chi connectivity index (χ0) is 15.5. The quantitative estimate of drug-likeness (QED) is 0.905. The molecule has 0 aliphatic carbocycles. The van der Waals surface area contributed by atoms with Crippen molar-refractivity contribution in [1.82, 2.24) is 19.7 Å². The van der Waals surface area contributed by atoms with Crippen molar-refractivity contribution in [1.29, 1.82) is 0 Å². The Kier molecular flexibility index (Phi) is 5.38. The van der Waals surface area contributed by atoms with Crippen LogP contribution in [-0.2, 0) is 6.42 Å². The maximum atomic E-state index is 6.57. The SMILES string of the molecule is CC(C)n1ncnc1CC(N)C(C)(C)N1CCCCCC1. The van der Waals surface area contributed by atoms with E-state index in [-0.39, 0.29) is 11.6 Å². The third kappa shape index (κ3) is 3.83. The zero-order valence-electron chi connectivity index (χ0n) is 14.0. The van der Waals surface area contributed by atoms with Gasteiger partial charge in [-0.2, -0.15) is 5.10 Å². The van der Waals surface area contributed by atoms with E-state index in [1.54, 1.807) is 6.33 Å². The van der Waals surface area contributed by atoms with E-state index in [0.717, 1.165) is 25.3 Å². The molecule has 2 rings (SSSR count). The third-order valence-corrected chi connectivity index (χ3v) is 4.87. The zero-order valence-corrected chi connectivity index (χ0v) is 14.0. The van der Waals surface area contributed by atoms with Gasteiger partial charge in [0, 0.05) is 24.0 Å². The first kappa shape index (κ1) is 16.4. The lowest BCUT2D eigenvalue weighted by Gasteiger charge is -2.42. The summed E-state index contributed by atoms with van der Waals surface area (Å²) in [6.45, 7) is 11.1. The molecule has 5 heteroatoms. The van der Waals surface area contributed by atoms with Gasteiger partial charge in [-0.1, -0.05) is 12.8 Å². The van der Waals surface area contributed by atoms with Gasteiger partial charge < -0.3 is 5.73 Å². The second-order valence-corrected chi connectivity index (χ2v) is 7.08. The predicted molar refractivity (Wildman–Crippen MR) is 86.2 cm³/mol. The van der Waals surface area contributed by atoms with Crippen molar-refractivity contribution in [3.8, 4) is 0 Å². The number of hydrogen-bond donors (Lipinski definition) is 1. The fourth-order valence-corrected chi connectivity index (χ4v) is 3.18. The van der Waals surface area contributed by atoms with E-state index in [1.807, 2.05) is 4.68 Å². The molecule has 0 bridgehead atoms. The van der Waals surface area contributed by atoms with Crippen LogP contribution in [0.25, 0.3) is 0 Å². The highest BCUT2D eigenvalue weighted by Crippen LogP contribution is 2.24. The van der Waals surface area contributed by atoms with Gasteiger partial charge in [-0.15, -0.1) is 0 Å². The van der Waals surface area contributed by atoms with Crippen LogP contribution in [0.15, 0.2) is 6.33 Å². The Morgan fingerprint density at radius 3 is 2.38 bits per heavy atom. The molecule has 1 aromatic rings. The first-order valence-corrected chi connectivity index (χ1v) is 8.32. The Bertz CT molecular complexity index is 430. The minimum Gasteiger partial charge on any atom is -0.326 e. The molecule has 5 nitrogen and oxygen atoms in total. The summed E-state index contributed by atoms with van der Waals surface area (Å²) in [5.74, 6) is 1.00. The molecular weight excluding hydrogens is 262 g/mol. The molecule has 1 aromatic heterocycles. The highest BCUT2D eigenvalue weighted by Gasteiger charge is 2.34. The molecule has 1 unspecified atom stereocenters. The van der Waals surface area contributed by atoms with Crippen LogP contribution in [0.4, 0.5) is 0 Å². The van der Waals surface area contributed by atoms with Crippen LogP contribution in [0.3, 0.4) is 0 Å². The average Bonchev–Trinajstić information content (AvgIpc) is 2.72. The van der Waals surface area contributed by atoms with Gasteiger partial charge in [0.2, 0.25) is 0 Å². The van der Waals surface area contributed by atoms with Gasteiger partial charge in [-0.3, -0.25) is 4.90 Å². The summed E-state index contributed by atoms with van der Waals surface area (Å²) >= 11 is 0. The van der Waals surface area contributed by atoms with Crippen LogP contribution >= 0.6 is 0 Å². The molecular formula is C16H31N5. The lowest BCUT2D eigenvalue weighted by molar-refractivity contribution is 0.0967. The summed E-state index contributed by atoms with van der Waals surface area (Å²) in [6, 6.07) is 0.397. The summed E-state index contributed by atoms with van der Waals surface area (Å²) < 4.78 is 1.98. The molecule has 1 aliphatic rings. The Balaban J connectivity index is 2.06. The van der Waals surface area contributed by atoms with Crippen molar-refractivity contribution < 1.29 is 0 Å². The maximum absolute atomic E-state index is 6.57. The minimum absolute atomic E-state index is 0.00189. The smallest absolute Gasteiger partial charge is 0.138 e. The van der Waals surface area contributed by atoms with Crippen molar-refractivity contribution in [3.05, 3.63) is 12.2 Å². The molecule has 0 saturated carbocycles. The molecule has 1 fully saturated rings. The van der Waals surface area contributed by atoms with Crippen LogP contribution in [0.5, 0.6) is 0 Å². The highest BCUT2D eigenvalue weighted by atomic mass is 15.3. The molecule has 0 amide bonds. The summed E-state index contributed by atoms with van der Waals surface area (Å²) in [6.07, 6.45) is 7.70. The fourth-order valence-electron chi connectivity index (χ4n) is 3.18. The Morgan fingerprint density at radius 2 is 1.81 bits per heavy atom. The summed E-state index contributed by atoms with van der Waals surface area (Å²) in [5, 5.41) is 4.31. The maximum Gasteiger partial charge on any atom is 0.138 e. The van der Waals surface area contributed by atoms with Crippen LogP contribution in [0.2, 0.25) is 0 Å². The van der Waals surface area contributed by atoms with Crippen LogP contribution in [0, 0.1) is 0 Å². The largest absolute Gasteiger partial charge is 0.326 e. The molecule has 1 saturated heterocycles. The van der Waals surface area contributed by atoms with Crippen molar-refractivity contribution in [3.63, 3.8) is 0 Å². The van der Waals surface area contributed by atoms with E-state index in [4.69, 9.17) is 5.73 Å². The van der Waals surface area contributed by atoms with Gasteiger partial charge in [-0.25, -0.2) is 9.67 Å². The molecule has 1 atom stereocenters. The average molecular weight is 293 g/mol. The van der Waals surface area contributed by atoms with E-state index < -0.39 is 0 Å². The van der Waals surface area contributed by atoms with Gasteiger partial charge in [0.25, 0.3) is 0 Å². The van der Waals surface area contributed by atoms with Gasteiger partial charge in [0.1, 0.15) is 12.2 Å². The van der Waals surface area contributed by atoms with Crippen molar-refractivity contribution in [2.45, 2.75) is 77.4 Å². The van der Waals surface area contributed by atoms with E-state index in [1.165, 1.54) is 25.7 Å². The standard InChI is InChI=1S/C16H31N5/c1-13(2)21-15(18-12-19-21)11-14(17)16(3,4)20-9-7-5-6-8-10-20/h12-14H,5-11,17H2,1-4H3. The fraction of sp³-hybridized carbons (Fsp3) is 0.875. The van der Waals surface area contributed by atoms with E-state index in [0.29, 0.717) is 6.04 Å². The molecule has 0 aromatic carbocycles. The van der Waals surface area contributed by atoms with E-state index in [9.17, 15) is 0 Å². The monoisotopic (exact) mass is 293 g/mol. The molecule has 1 aliphatic heterocycles. The molecule has 0 radical (unpaired) electrons. The van der Waals surface area contributed by atoms with E-state index in [2.05, 4.69) is 42.7 Å². The van der Waals surface area contributed by atoms with Crippen molar-refractivity contribution in [2.24, 2.45) is 5.73 Å². The predicted octanol–water partition coefficient (Wildman–Crippen LogP) is 2.38.